The first kappa shape index (κ1) is 12.3. The fraction of sp³-hybridized carbons (Fsp3) is 0.133. The summed E-state index contributed by atoms with van der Waals surface area (Å²) in [6.07, 6.45) is 0.648. The lowest BCUT2D eigenvalue weighted by Crippen LogP contribution is -1.98. The molecule has 0 radical (unpaired) electrons. The van der Waals surface area contributed by atoms with Crippen molar-refractivity contribution in [2.75, 3.05) is 0 Å². The van der Waals surface area contributed by atoms with E-state index in [-0.39, 0.29) is 5.82 Å². The number of hydrogen-bond donors (Lipinski definition) is 1. The predicted octanol–water partition coefficient (Wildman–Crippen LogP) is 4.08. The van der Waals surface area contributed by atoms with Crippen LogP contribution in [0.3, 0.4) is 0 Å². The number of hydrogen-bond acceptors (Lipinski definition) is 2. The smallest absolute Gasteiger partial charge is 0.131 e. The Balaban J connectivity index is 2.37. The van der Waals surface area contributed by atoms with Crippen molar-refractivity contribution >= 4 is 5.71 Å². The fourth-order valence-electron chi connectivity index (χ4n) is 1.87. The van der Waals surface area contributed by atoms with Crippen LogP contribution in [0.4, 0.5) is 4.39 Å². The molecule has 0 amide bonds. The van der Waals surface area contributed by atoms with Crippen molar-refractivity contribution in [3.05, 3.63) is 59.9 Å². The van der Waals surface area contributed by atoms with Gasteiger partial charge in [0.05, 0.1) is 5.71 Å². The zero-order chi connectivity index (χ0) is 13.0. The van der Waals surface area contributed by atoms with Gasteiger partial charge in [0.15, 0.2) is 0 Å². The molecule has 2 nitrogen and oxygen atoms in total. The van der Waals surface area contributed by atoms with Gasteiger partial charge in [-0.15, -0.1) is 0 Å². The van der Waals surface area contributed by atoms with Gasteiger partial charge in [-0.2, -0.15) is 0 Å². The van der Waals surface area contributed by atoms with Gasteiger partial charge in [0.1, 0.15) is 5.82 Å². The summed E-state index contributed by atoms with van der Waals surface area (Å²) in [5.41, 5.74) is 2.85. The third kappa shape index (κ3) is 2.40. The van der Waals surface area contributed by atoms with E-state index in [1.807, 2.05) is 31.2 Å². The Morgan fingerprint density at radius 2 is 1.78 bits per heavy atom. The summed E-state index contributed by atoms with van der Waals surface area (Å²) in [6, 6.07) is 14.0. The molecule has 0 spiro atoms. The standard InChI is InChI=1S/C15H14FNO/c1-2-15(17-18)12-9-7-11(8-10-12)13-5-3-4-6-14(13)16/h3-10,18H,2H2,1H3/b17-15+. The van der Waals surface area contributed by atoms with Crippen molar-refractivity contribution in [2.45, 2.75) is 13.3 Å². The van der Waals surface area contributed by atoms with E-state index < -0.39 is 0 Å². The Kier molecular flexibility index (Phi) is 3.72. The van der Waals surface area contributed by atoms with E-state index in [1.54, 1.807) is 18.2 Å². The van der Waals surface area contributed by atoms with Crippen molar-refractivity contribution in [1.82, 2.24) is 0 Å². The minimum absolute atomic E-state index is 0.239. The number of nitrogens with zero attached hydrogens (tertiary/aromatic N) is 1. The van der Waals surface area contributed by atoms with Gasteiger partial charge in [-0.05, 0) is 23.6 Å². The SMILES string of the molecule is CC/C(=N\O)c1ccc(-c2ccccc2F)cc1. The molecule has 0 aromatic heterocycles. The summed E-state index contributed by atoms with van der Waals surface area (Å²) >= 11 is 0. The van der Waals surface area contributed by atoms with Crippen molar-refractivity contribution in [2.24, 2.45) is 5.16 Å². The molecule has 92 valence electrons. The monoisotopic (exact) mass is 243 g/mol. The highest BCUT2D eigenvalue weighted by atomic mass is 19.1. The normalized spacial score (nSPS) is 11.6. The molecule has 0 saturated carbocycles. The molecule has 2 rings (SSSR count). The molecule has 0 aliphatic rings. The first-order chi connectivity index (χ1) is 8.76. The average molecular weight is 243 g/mol. The first-order valence-corrected chi connectivity index (χ1v) is 5.82. The molecule has 0 saturated heterocycles. The maximum absolute atomic E-state index is 13.6. The van der Waals surface area contributed by atoms with Crippen LogP contribution in [-0.2, 0) is 0 Å². The van der Waals surface area contributed by atoms with Crippen molar-refractivity contribution in [1.29, 1.82) is 0 Å². The highest BCUT2D eigenvalue weighted by molar-refractivity contribution is 6.00. The molecular formula is C15H14FNO. The Morgan fingerprint density at radius 1 is 1.11 bits per heavy atom. The highest BCUT2D eigenvalue weighted by Gasteiger charge is 2.05. The van der Waals surface area contributed by atoms with Crippen LogP contribution < -0.4 is 0 Å². The van der Waals surface area contributed by atoms with Gasteiger partial charge in [0, 0.05) is 5.56 Å². The van der Waals surface area contributed by atoms with Crippen molar-refractivity contribution < 1.29 is 9.60 Å². The summed E-state index contributed by atoms with van der Waals surface area (Å²) in [5.74, 6) is -0.239. The molecule has 0 bridgehead atoms. The number of benzene rings is 2. The van der Waals surface area contributed by atoms with E-state index in [2.05, 4.69) is 5.16 Å². The molecule has 2 aromatic rings. The Bertz CT molecular complexity index is 561. The second-order valence-corrected chi connectivity index (χ2v) is 3.96. The van der Waals surface area contributed by atoms with Gasteiger partial charge in [-0.25, -0.2) is 4.39 Å². The molecule has 0 heterocycles. The predicted molar refractivity (Wildman–Crippen MR) is 70.5 cm³/mol. The first-order valence-electron chi connectivity index (χ1n) is 5.82. The zero-order valence-corrected chi connectivity index (χ0v) is 10.1. The summed E-state index contributed by atoms with van der Waals surface area (Å²) in [4.78, 5) is 0. The van der Waals surface area contributed by atoms with E-state index in [1.165, 1.54) is 6.07 Å². The van der Waals surface area contributed by atoms with Crippen LogP contribution >= 0.6 is 0 Å². The lowest BCUT2D eigenvalue weighted by Gasteiger charge is -2.05. The topological polar surface area (TPSA) is 32.6 Å². The summed E-state index contributed by atoms with van der Waals surface area (Å²) in [7, 11) is 0. The quantitative estimate of drug-likeness (QED) is 0.491. The van der Waals surface area contributed by atoms with Crippen molar-refractivity contribution in [3.63, 3.8) is 0 Å². The Labute approximate surface area is 105 Å². The minimum Gasteiger partial charge on any atom is -0.411 e. The van der Waals surface area contributed by atoms with Crippen LogP contribution in [0.2, 0.25) is 0 Å². The van der Waals surface area contributed by atoms with Crippen LogP contribution in [0, 0.1) is 5.82 Å². The Morgan fingerprint density at radius 3 is 2.33 bits per heavy atom. The molecule has 0 atom stereocenters. The van der Waals surface area contributed by atoms with Gasteiger partial charge in [-0.1, -0.05) is 54.5 Å². The Hall–Kier alpha value is -2.16. The average Bonchev–Trinajstić information content (AvgIpc) is 2.42. The summed E-state index contributed by atoms with van der Waals surface area (Å²) in [6.45, 7) is 1.92. The van der Waals surface area contributed by atoms with Crippen molar-refractivity contribution in [3.8, 4) is 11.1 Å². The maximum Gasteiger partial charge on any atom is 0.131 e. The largest absolute Gasteiger partial charge is 0.411 e. The molecule has 18 heavy (non-hydrogen) atoms. The number of halogens is 1. The summed E-state index contributed by atoms with van der Waals surface area (Å²) in [5, 5.41) is 12.1. The molecule has 1 N–H and O–H groups in total. The third-order valence-corrected chi connectivity index (χ3v) is 2.86. The molecule has 0 unspecified atom stereocenters. The molecule has 0 fully saturated rings. The van der Waals surface area contributed by atoms with Gasteiger partial charge in [0.25, 0.3) is 0 Å². The highest BCUT2D eigenvalue weighted by Crippen LogP contribution is 2.23. The molecule has 3 heteroatoms. The van der Waals surface area contributed by atoms with Gasteiger partial charge >= 0.3 is 0 Å². The van der Waals surface area contributed by atoms with E-state index in [9.17, 15) is 4.39 Å². The molecular weight excluding hydrogens is 229 g/mol. The lowest BCUT2D eigenvalue weighted by atomic mass is 10.0. The van der Waals surface area contributed by atoms with E-state index in [4.69, 9.17) is 5.21 Å². The second kappa shape index (κ2) is 5.45. The van der Waals surface area contributed by atoms with E-state index in [0.717, 1.165) is 11.1 Å². The second-order valence-electron chi connectivity index (χ2n) is 3.96. The molecule has 2 aromatic carbocycles. The van der Waals surface area contributed by atoms with Gasteiger partial charge in [-0.3, -0.25) is 0 Å². The van der Waals surface area contributed by atoms with Crippen LogP contribution in [0.1, 0.15) is 18.9 Å². The molecule has 0 aliphatic carbocycles. The van der Waals surface area contributed by atoms with Gasteiger partial charge < -0.3 is 5.21 Å². The van der Waals surface area contributed by atoms with Crippen LogP contribution in [-0.4, -0.2) is 10.9 Å². The van der Waals surface area contributed by atoms with Gasteiger partial charge in [0.2, 0.25) is 0 Å². The minimum atomic E-state index is -0.239. The lowest BCUT2D eigenvalue weighted by molar-refractivity contribution is 0.318. The van der Waals surface area contributed by atoms with Crippen LogP contribution in [0.25, 0.3) is 11.1 Å². The molecule has 0 aliphatic heterocycles. The fourth-order valence-corrected chi connectivity index (χ4v) is 1.87. The number of oxime groups is 1. The van der Waals surface area contributed by atoms with Crippen LogP contribution in [0.15, 0.2) is 53.7 Å². The van der Waals surface area contributed by atoms with E-state index in [0.29, 0.717) is 17.7 Å². The number of rotatable bonds is 3. The maximum atomic E-state index is 13.6. The summed E-state index contributed by atoms with van der Waals surface area (Å²) < 4.78 is 13.6. The van der Waals surface area contributed by atoms with E-state index >= 15 is 0 Å². The third-order valence-electron chi connectivity index (χ3n) is 2.86. The zero-order valence-electron chi connectivity index (χ0n) is 10.1. The van der Waals surface area contributed by atoms with Crippen LogP contribution in [0.5, 0.6) is 0 Å².